The zero-order valence-electron chi connectivity index (χ0n) is 12.2. The molecule has 0 aliphatic rings. The molecular weight excluding hydrogens is 305 g/mol. The third kappa shape index (κ3) is 4.44. The van der Waals surface area contributed by atoms with Gasteiger partial charge in [-0.25, -0.2) is 9.18 Å². The van der Waals surface area contributed by atoms with Crippen LogP contribution in [-0.2, 0) is 9.53 Å². The molecule has 2 aromatic rings. The highest BCUT2D eigenvalue weighted by atomic mass is 19.1. The summed E-state index contributed by atoms with van der Waals surface area (Å²) in [5.74, 6) is -1.93. The van der Waals surface area contributed by atoms with E-state index in [4.69, 9.17) is 9.47 Å². The molecule has 0 aliphatic carbocycles. The normalized spacial score (nSPS) is 10.0. The summed E-state index contributed by atoms with van der Waals surface area (Å²) in [4.78, 5) is 23.5. The molecule has 6 nitrogen and oxygen atoms in total. The number of methoxy groups -OCH3 is 1. The summed E-state index contributed by atoms with van der Waals surface area (Å²) in [6, 6.07) is 9.36. The van der Waals surface area contributed by atoms with Crippen molar-refractivity contribution in [2.45, 2.75) is 0 Å². The minimum absolute atomic E-state index is 0.0932. The third-order valence-electron chi connectivity index (χ3n) is 2.87. The molecule has 0 bridgehead atoms. The summed E-state index contributed by atoms with van der Waals surface area (Å²) < 4.78 is 22.7. The Morgan fingerprint density at radius 2 is 2.00 bits per heavy atom. The Morgan fingerprint density at radius 3 is 2.65 bits per heavy atom. The fraction of sp³-hybridized carbons (Fsp3) is 0.125. The number of carbonyl (C=O) groups excluding carboxylic acids is 2. The second kappa shape index (κ2) is 7.26. The molecular formula is C16H14FNO5. The first-order valence-electron chi connectivity index (χ1n) is 6.59. The van der Waals surface area contributed by atoms with Crippen molar-refractivity contribution in [3.8, 4) is 11.5 Å². The van der Waals surface area contributed by atoms with Gasteiger partial charge in [-0.15, -0.1) is 0 Å². The van der Waals surface area contributed by atoms with Gasteiger partial charge in [0.1, 0.15) is 22.9 Å². The van der Waals surface area contributed by atoms with Gasteiger partial charge in [0, 0.05) is 11.8 Å². The van der Waals surface area contributed by atoms with Gasteiger partial charge >= 0.3 is 5.97 Å². The smallest absolute Gasteiger partial charge is 0.342 e. The molecule has 0 saturated heterocycles. The lowest BCUT2D eigenvalue weighted by Crippen LogP contribution is -2.21. The lowest BCUT2D eigenvalue weighted by molar-refractivity contribution is -0.119. The first kappa shape index (κ1) is 16.3. The molecule has 2 rings (SSSR count). The van der Waals surface area contributed by atoms with E-state index in [0.717, 1.165) is 6.07 Å². The van der Waals surface area contributed by atoms with Gasteiger partial charge < -0.3 is 19.9 Å². The van der Waals surface area contributed by atoms with E-state index in [1.165, 1.54) is 43.5 Å². The van der Waals surface area contributed by atoms with Crippen LogP contribution in [-0.4, -0.2) is 30.7 Å². The number of ether oxygens (including phenoxy) is 2. The second-order valence-corrected chi connectivity index (χ2v) is 4.52. The molecule has 0 unspecified atom stereocenters. The zero-order valence-corrected chi connectivity index (χ0v) is 12.2. The average molecular weight is 319 g/mol. The number of amides is 1. The van der Waals surface area contributed by atoms with Gasteiger partial charge in [-0.1, -0.05) is 6.07 Å². The van der Waals surface area contributed by atoms with Crippen LogP contribution in [0.3, 0.4) is 0 Å². The number of rotatable bonds is 5. The molecule has 0 atom stereocenters. The fourth-order valence-corrected chi connectivity index (χ4v) is 1.78. The summed E-state index contributed by atoms with van der Waals surface area (Å²) >= 11 is 0. The number of benzene rings is 2. The largest absolute Gasteiger partial charge is 0.507 e. The number of phenolic OH excluding ortho intramolecular Hbond substituents is 1. The number of anilines is 1. The van der Waals surface area contributed by atoms with Crippen molar-refractivity contribution in [1.29, 1.82) is 0 Å². The van der Waals surface area contributed by atoms with Crippen LogP contribution < -0.4 is 10.1 Å². The topological polar surface area (TPSA) is 84.9 Å². The Bertz CT molecular complexity index is 732. The van der Waals surface area contributed by atoms with E-state index < -0.39 is 24.3 Å². The number of aromatic hydroxyl groups is 1. The van der Waals surface area contributed by atoms with Crippen molar-refractivity contribution in [3.63, 3.8) is 0 Å². The monoisotopic (exact) mass is 319 g/mol. The molecule has 0 saturated carbocycles. The maximum atomic E-state index is 13.0. The molecule has 0 spiro atoms. The number of halogens is 1. The van der Waals surface area contributed by atoms with Crippen LogP contribution in [0.15, 0.2) is 42.5 Å². The van der Waals surface area contributed by atoms with Gasteiger partial charge in [-0.05, 0) is 30.3 Å². The van der Waals surface area contributed by atoms with Crippen LogP contribution in [0.1, 0.15) is 10.4 Å². The van der Waals surface area contributed by atoms with Crippen LogP contribution in [0, 0.1) is 5.82 Å². The lowest BCUT2D eigenvalue weighted by atomic mass is 10.2. The van der Waals surface area contributed by atoms with Crippen molar-refractivity contribution in [2.24, 2.45) is 0 Å². The molecule has 7 heteroatoms. The van der Waals surface area contributed by atoms with Gasteiger partial charge in [0.25, 0.3) is 5.91 Å². The van der Waals surface area contributed by atoms with E-state index in [0.29, 0.717) is 5.75 Å². The van der Waals surface area contributed by atoms with Crippen molar-refractivity contribution in [3.05, 3.63) is 53.8 Å². The minimum Gasteiger partial charge on any atom is -0.507 e. The van der Waals surface area contributed by atoms with Crippen LogP contribution in [0.5, 0.6) is 11.5 Å². The summed E-state index contributed by atoms with van der Waals surface area (Å²) in [7, 11) is 1.42. The standard InChI is InChI=1S/C16H14FNO5/c1-22-12-5-6-13(14(19)8-12)16(21)23-9-15(20)18-11-4-2-3-10(17)7-11/h2-8,19H,9H2,1H3,(H,18,20). The van der Waals surface area contributed by atoms with E-state index in [-0.39, 0.29) is 17.0 Å². The molecule has 1 amide bonds. The summed E-state index contributed by atoms with van der Waals surface area (Å²) in [5, 5.41) is 12.1. The van der Waals surface area contributed by atoms with Crippen LogP contribution in [0.4, 0.5) is 10.1 Å². The molecule has 0 heterocycles. The maximum absolute atomic E-state index is 13.0. The Balaban J connectivity index is 1.92. The van der Waals surface area contributed by atoms with Crippen LogP contribution >= 0.6 is 0 Å². The Hall–Kier alpha value is -3.09. The maximum Gasteiger partial charge on any atom is 0.342 e. The van der Waals surface area contributed by atoms with E-state index in [2.05, 4.69) is 5.32 Å². The number of hydrogen-bond donors (Lipinski definition) is 2. The van der Waals surface area contributed by atoms with Gasteiger partial charge in [-0.2, -0.15) is 0 Å². The van der Waals surface area contributed by atoms with Crippen molar-refractivity contribution < 1.29 is 28.6 Å². The molecule has 0 fully saturated rings. The highest BCUT2D eigenvalue weighted by molar-refractivity contribution is 5.96. The van der Waals surface area contributed by atoms with Crippen LogP contribution in [0.25, 0.3) is 0 Å². The fourth-order valence-electron chi connectivity index (χ4n) is 1.78. The summed E-state index contributed by atoms with van der Waals surface area (Å²) in [5.41, 5.74) is 0.155. The van der Waals surface area contributed by atoms with Crippen LogP contribution in [0.2, 0.25) is 0 Å². The van der Waals surface area contributed by atoms with E-state index in [1.807, 2.05) is 0 Å². The molecule has 0 radical (unpaired) electrons. The number of carbonyl (C=O) groups is 2. The highest BCUT2D eigenvalue weighted by Gasteiger charge is 2.15. The second-order valence-electron chi connectivity index (χ2n) is 4.52. The molecule has 2 aromatic carbocycles. The van der Waals surface area contributed by atoms with Crippen molar-refractivity contribution >= 4 is 17.6 Å². The van der Waals surface area contributed by atoms with Gasteiger partial charge in [0.2, 0.25) is 0 Å². The zero-order chi connectivity index (χ0) is 16.8. The number of nitrogens with one attached hydrogen (secondary N) is 1. The minimum atomic E-state index is -0.862. The third-order valence-corrected chi connectivity index (χ3v) is 2.87. The number of hydrogen-bond acceptors (Lipinski definition) is 5. The predicted octanol–water partition coefficient (Wildman–Crippen LogP) is 2.34. The summed E-state index contributed by atoms with van der Waals surface area (Å²) in [6.07, 6.45) is 0. The van der Waals surface area contributed by atoms with Gasteiger partial charge in [-0.3, -0.25) is 4.79 Å². The van der Waals surface area contributed by atoms with Crippen molar-refractivity contribution in [2.75, 3.05) is 19.0 Å². The van der Waals surface area contributed by atoms with E-state index in [9.17, 15) is 19.1 Å². The molecule has 120 valence electrons. The SMILES string of the molecule is COc1ccc(C(=O)OCC(=O)Nc2cccc(F)c2)c(O)c1. The quantitative estimate of drug-likeness (QED) is 0.826. The number of phenols is 1. The predicted molar refractivity (Wildman–Crippen MR) is 80.0 cm³/mol. The van der Waals surface area contributed by atoms with E-state index >= 15 is 0 Å². The lowest BCUT2D eigenvalue weighted by Gasteiger charge is -2.08. The molecule has 0 aliphatic heterocycles. The Morgan fingerprint density at radius 1 is 1.22 bits per heavy atom. The Kier molecular flexibility index (Phi) is 5.14. The molecule has 0 aromatic heterocycles. The summed E-state index contributed by atoms with van der Waals surface area (Å²) in [6.45, 7) is -0.569. The molecule has 2 N–H and O–H groups in total. The van der Waals surface area contributed by atoms with Gasteiger partial charge in [0.05, 0.1) is 7.11 Å². The number of esters is 1. The molecule has 23 heavy (non-hydrogen) atoms. The Labute approximate surface area is 131 Å². The highest BCUT2D eigenvalue weighted by Crippen LogP contribution is 2.23. The first-order chi connectivity index (χ1) is 11.0. The van der Waals surface area contributed by atoms with E-state index in [1.54, 1.807) is 0 Å². The van der Waals surface area contributed by atoms with Gasteiger partial charge in [0.15, 0.2) is 6.61 Å². The average Bonchev–Trinajstić information content (AvgIpc) is 2.52. The van der Waals surface area contributed by atoms with Crippen molar-refractivity contribution in [1.82, 2.24) is 0 Å². The first-order valence-corrected chi connectivity index (χ1v) is 6.59.